The van der Waals surface area contributed by atoms with E-state index in [1.807, 2.05) is 13.0 Å². The number of aromatic nitrogens is 3. The third-order valence-corrected chi connectivity index (χ3v) is 7.40. The van der Waals surface area contributed by atoms with E-state index in [0.717, 1.165) is 10.0 Å². The molecule has 4 aromatic rings. The van der Waals surface area contributed by atoms with E-state index in [4.69, 9.17) is 10.5 Å². The number of rotatable bonds is 5. The van der Waals surface area contributed by atoms with Crippen molar-refractivity contribution in [1.29, 1.82) is 0 Å². The maximum absolute atomic E-state index is 13.4. The smallest absolute Gasteiger partial charge is 0.278 e. The number of anilines is 1. The van der Waals surface area contributed by atoms with Crippen LogP contribution in [0.4, 0.5) is 5.82 Å². The van der Waals surface area contributed by atoms with Crippen LogP contribution >= 0.6 is 15.9 Å². The van der Waals surface area contributed by atoms with Crippen LogP contribution < -0.4 is 15.9 Å². The van der Waals surface area contributed by atoms with Gasteiger partial charge in [0.1, 0.15) is 10.3 Å². The molecule has 0 radical (unpaired) electrons. The van der Waals surface area contributed by atoms with Crippen molar-refractivity contribution in [1.82, 2.24) is 9.38 Å². The maximum Gasteiger partial charge on any atom is 0.278 e. The standard InChI is InChI=1S/C21H19BrN4O4S/c1-13-4-3-9-26-19(13)24-20-16(21(26)27)12-17(18(23)25(20)10-11-30-2)31(28,29)15-7-5-14(22)6-8-15/h3-9,12,23H,10-11H2,1-2H3/p+1. The Hall–Kier alpha value is -2.82. The fraction of sp³-hybridized carbons (Fsp3) is 0.190. The van der Waals surface area contributed by atoms with E-state index in [0.29, 0.717) is 11.3 Å². The number of fused-ring (bicyclic) bond motifs is 2. The highest BCUT2D eigenvalue weighted by molar-refractivity contribution is 9.10. The van der Waals surface area contributed by atoms with Gasteiger partial charge >= 0.3 is 0 Å². The van der Waals surface area contributed by atoms with Crippen LogP contribution in [-0.4, -0.2) is 31.5 Å². The predicted octanol–water partition coefficient (Wildman–Crippen LogP) is 2.27. The van der Waals surface area contributed by atoms with Crippen molar-refractivity contribution >= 4 is 48.3 Å². The number of aryl methyl sites for hydroxylation is 1. The molecule has 3 heterocycles. The summed E-state index contributed by atoms with van der Waals surface area (Å²) in [5.41, 5.74) is 7.57. The van der Waals surface area contributed by atoms with Crippen LogP contribution in [0.25, 0.3) is 16.7 Å². The van der Waals surface area contributed by atoms with Gasteiger partial charge in [-0.05, 0) is 43.3 Å². The summed E-state index contributed by atoms with van der Waals surface area (Å²) in [4.78, 5) is 17.8. The molecule has 0 spiro atoms. The highest BCUT2D eigenvalue weighted by Gasteiger charge is 2.29. The van der Waals surface area contributed by atoms with Gasteiger partial charge in [-0.3, -0.25) is 9.20 Å². The Morgan fingerprint density at radius 2 is 1.94 bits per heavy atom. The molecule has 0 saturated heterocycles. The second-order valence-corrected chi connectivity index (χ2v) is 9.87. The first kappa shape index (κ1) is 21.4. The summed E-state index contributed by atoms with van der Waals surface area (Å²) in [6, 6.07) is 11.1. The first-order valence-electron chi connectivity index (χ1n) is 9.39. The van der Waals surface area contributed by atoms with Crippen molar-refractivity contribution in [3.05, 3.63) is 69.1 Å². The summed E-state index contributed by atoms with van der Waals surface area (Å²) in [6.45, 7) is 2.35. The molecule has 2 N–H and O–H groups in total. The summed E-state index contributed by atoms with van der Waals surface area (Å²) < 4.78 is 35.6. The van der Waals surface area contributed by atoms with Crippen LogP contribution in [0, 0.1) is 6.92 Å². The fourth-order valence-electron chi connectivity index (χ4n) is 3.45. The van der Waals surface area contributed by atoms with Gasteiger partial charge < -0.3 is 10.5 Å². The summed E-state index contributed by atoms with van der Waals surface area (Å²) in [7, 11) is -2.46. The van der Waals surface area contributed by atoms with Crippen molar-refractivity contribution in [3.63, 3.8) is 0 Å². The van der Waals surface area contributed by atoms with Gasteiger partial charge in [-0.15, -0.1) is 0 Å². The zero-order valence-electron chi connectivity index (χ0n) is 16.9. The minimum absolute atomic E-state index is 0.00250. The van der Waals surface area contributed by atoms with E-state index < -0.39 is 9.84 Å². The summed E-state index contributed by atoms with van der Waals surface area (Å²) in [6.07, 6.45) is 1.61. The van der Waals surface area contributed by atoms with Gasteiger partial charge in [0.25, 0.3) is 11.2 Å². The third-order valence-electron chi connectivity index (χ3n) is 5.07. The van der Waals surface area contributed by atoms with E-state index in [2.05, 4.69) is 20.9 Å². The Labute approximate surface area is 187 Å². The molecule has 4 rings (SSSR count). The first-order chi connectivity index (χ1) is 14.8. The predicted molar refractivity (Wildman–Crippen MR) is 120 cm³/mol. The van der Waals surface area contributed by atoms with Gasteiger partial charge in [-0.25, -0.2) is 13.0 Å². The number of ether oxygens (including phenoxy) is 1. The quantitative estimate of drug-likeness (QED) is 0.330. The van der Waals surface area contributed by atoms with Crippen LogP contribution in [-0.2, 0) is 21.1 Å². The van der Waals surface area contributed by atoms with Crippen LogP contribution in [0.3, 0.4) is 0 Å². The van der Waals surface area contributed by atoms with Crippen LogP contribution in [0.5, 0.6) is 0 Å². The molecule has 0 aliphatic heterocycles. The average molecular weight is 504 g/mol. The number of nitrogens with two attached hydrogens (primary N) is 1. The van der Waals surface area contributed by atoms with Crippen LogP contribution in [0.2, 0.25) is 0 Å². The van der Waals surface area contributed by atoms with E-state index in [-0.39, 0.29) is 39.7 Å². The number of hydrogen-bond donors (Lipinski definition) is 1. The Balaban J connectivity index is 2.11. The van der Waals surface area contributed by atoms with E-state index in [1.165, 1.54) is 34.3 Å². The molecule has 0 saturated carbocycles. The number of nitrogen functional groups attached to an aromatic ring is 1. The molecule has 31 heavy (non-hydrogen) atoms. The molecule has 3 aromatic heterocycles. The maximum atomic E-state index is 13.4. The summed E-state index contributed by atoms with van der Waals surface area (Å²) >= 11 is 3.30. The minimum Gasteiger partial charge on any atom is -0.381 e. The van der Waals surface area contributed by atoms with Gasteiger partial charge in [0, 0.05) is 23.3 Å². The fourth-order valence-corrected chi connectivity index (χ4v) is 5.12. The van der Waals surface area contributed by atoms with E-state index in [1.54, 1.807) is 24.4 Å². The largest absolute Gasteiger partial charge is 0.381 e. The summed E-state index contributed by atoms with van der Waals surface area (Å²) in [5, 5.41) is 0.157. The van der Waals surface area contributed by atoms with E-state index in [9.17, 15) is 13.2 Å². The number of sulfone groups is 1. The number of methoxy groups -OCH3 is 1. The van der Waals surface area contributed by atoms with Crippen molar-refractivity contribution < 1.29 is 17.7 Å². The Morgan fingerprint density at radius 1 is 1.23 bits per heavy atom. The second kappa shape index (κ2) is 8.03. The van der Waals surface area contributed by atoms with Gasteiger partial charge in [-0.2, -0.15) is 0 Å². The molecular weight excluding hydrogens is 484 g/mol. The topological polar surface area (TPSA) is 108 Å². The molecule has 8 nitrogen and oxygen atoms in total. The molecule has 0 aliphatic carbocycles. The van der Waals surface area contributed by atoms with Gasteiger partial charge in [0.15, 0.2) is 0 Å². The molecule has 0 amide bonds. The lowest BCUT2D eigenvalue weighted by Gasteiger charge is -2.13. The van der Waals surface area contributed by atoms with Gasteiger partial charge in [-0.1, -0.05) is 27.0 Å². The van der Waals surface area contributed by atoms with Gasteiger partial charge in [0.2, 0.25) is 21.3 Å². The zero-order chi connectivity index (χ0) is 22.3. The van der Waals surface area contributed by atoms with Crippen molar-refractivity contribution in [2.24, 2.45) is 0 Å². The number of pyridine rings is 2. The van der Waals surface area contributed by atoms with Crippen molar-refractivity contribution in [2.45, 2.75) is 23.3 Å². The molecule has 0 bridgehead atoms. The molecule has 10 heteroatoms. The molecule has 0 fully saturated rings. The van der Waals surface area contributed by atoms with E-state index >= 15 is 0 Å². The number of halogens is 1. The third kappa shape index (κ3) is 3.60. The molecule has 0 aliphatic rings. The molecule has 0 unspecified atom stereocenters. The lowest BCUT2D eigenvalue weighted by atomic mass is 10.2. The SMILES string of the molecule is COCC[n+]1c(N)c(S(=O)(=O)c2ccc(Br)cc2)cc2c(=O)n3cccc(C)c3nc21. The average Bonchev–Trinajstić information content (AvgIpc) is 2.74. The lowest BCUT2D eigenvalue weighted by Crippen LogP contribution is -2.43. The monoisotopic (exact) mass is 503 g/mol. The molecule has 1 aromatic carbocycles. The lowest BCUT2D eigenvalue weighted by molar-refractivity contribution is -0.662. The normalized spacial score (nSPS) is 12.0. The Morgan fingerprint density at radius 3 is 2.61 bits per heavy atom. The zero-order valence-corrected chi connectivity index (χ0v) is 19.3. The number of hydrogen-bond acceptors (Lipinski definition) is 6. The summed E-state index contributed by atoms with van der Waals surface area (Å²) in [5.74, 6) is -0.00250. The molecular formula is C21H20BrN4O4S+. The Bertz CT molecular complexity index is 1480. The van der Waals surface area contributed by atoms with Crippen LogP contribution in [0.15, 0.2) is 67.7 Å². The van der Waals surface area contributed by atoms with Gasteiger partial charge in [0.05, 0.1) is 18.0 Å². The number of benzene rings is 1. The van der Waals surface area contributed by atoms with Crippen molar-refractivity contribution in [2.75, 3.05) is 19.5 Å². The number of nitrogens with zero attached hydrogens (tertiary/aromatic N) is 3. The van der Waals surface area contributed by atoms with Crippen LogP contribution in [0.1, 0.15) is 5.56 Å². The molecule has 0 atom stereocenters. The minimum atomic E-state index is -3.99. The Kier molecular flexibility index (Phi) is 5.54. The van der Waals surface area contributed by atoms with Crippen molar-refractivity contribution in [3.8, 4) is 0 Å². The molecule has 160 valence electrons. The first-order valence-corrected chi connectivity index (χ1v) is 11.7. The highest BCUT2D eigenvalue weighted by Crippen LogP contribution is 2.27. The highest BCUT2D eigenvalue weighted by atomic mass is 79.9. The second-order valence-electron chi connectivity index (χ2n) is 7.03.